The number of rotatable bonds is 1. The first-order valence-electron chi connectivity index (χ1n) is 4.10. The Labute approximate surface area is 86.5 Å². The molecule has 0 saturated heterocycles. The van der Waals surface area contributed by atoms with Crippen molar-refractivity contribution in [2.45, 2.75) is 0 Å². The van der Waals surface area contributed by atoms with Gasteiger partial charge >= 0.3 is 86.1 Å². The molecule has 2 aromatic rings. The van der Waals surface area contributed by atoms with Gasteiger partial charge in [0, 0.05) is 0 Å². The quantitative estimate of drug-likeness (QED) is 0.709. The Morgan fingerprint density at radius 1 is 1.21 bits per heavy atom. The number of hydrogen-bond acceptors (Lipinski definition) is 4. The van der Waals surface area contributed by atoms with Crippen LogP contribution < -0.4 is 9.47 Å². The van der Waals surface area contributed by atoms with Crippen LogP contribution in [-0.4, -0.2) is 30.7 Å². The molecule has 4 nitrogen and oxygen atoms in total. The van der Waals surface area contributed by atoms with E-state index in [9.17, 15) is 0 Å². The van der Waals surface area contributed by atoms with Gasteiger partial charge < -0.3 is 0 Å². The third kappa shape index (κ3) is 1.22. The second-order valence-corrected chi connectivity index (χ2v) is 4.14. The summed E-state index contributed by atoms with van der Waals surface area (Å²) in [6.45, 7) is 0.309. The molecule has 0 saturated carbocycles. The monoisotopic (exact) mass is 254 g/mol. The number of hydrogen-bond donors (Lipinski definition) is 0. The van der Waals surface area contributed by atoms with Gasteiger partial charge in [0.25, 0.3) is 0 Å². The topological polar surface area (TPSA) is 44.2 Å². The second kappa shape index (κ2) is 3.11. The molecule has 0 aliphatic carbocycles. The van der Waals surface area contributed by atoms with Crippen molar-refractivity contribution in [3.63, 3.8) is 0 Å². The van der Waals surface area contributed by atoms with Crippen molar-refractivity contribution >= 4 is 14.7 Å². The zero-order valence-electron chi connectivity index (χ0n) is 7.14. The van der Waals surface area contributed by atoms with Gasteiger partial charge in [0.2, 0.25) is 0 Å². The summed E-state index contributed by atoms with van der Waals surface area (Å²) in [6, 6.07) is 5.81. The van der Waals surface area contributed by atoms with Crippen molar-refractivity contribution < 1.29 is 9.47 Å². The average molecular weight is 253 g/mol. The van der Waals surface area contributed by atoms with E-state index in [4.69, 9.17) is 9.47 Å². The maximum absolute atomic E-state index is 5.28. The van der Waals surface area contributed by atoms with Gasteiger partial charge in [-0.1, -0.05) is 0 Å². The van der Waals surface area contributed by atoms with Gasteiger partial charge in [-0.3, -0.25) is 0 Å². The molecule has 70 valence electrons. The minimum atomic E-state index is 0.172. The second-order valence-electron chi connectivity index (χ2n) is 2.86. The van der Waals surface area contributed by atoms with Crippen molar-refractivity contribution in [2.24, 2.45) is 0 Å². The van der Waals surface area contributed by atoms with Gasteiger partial charge in [-0.25, -0.2) is 0 Å². The summed E-state index contributed by atoms with van der Waals surface area (Å²) in [5.74, 6) is 1.59. The molecule has 0 radical (unpaired) electrons. The van der Waals surface area contributed by atoms with Crippen molar-refractivity contribution in [2.75, 3.05) is 6.79 Å². The van der Waals surface area contributed by atoms with E-state index in [0.717, 1.165) is 22.8 Å². The number of nitrogens with zero attached hydrogens (tertiary/aromatic N) is 2. The molecule has 2 heterocycles. The van der Waals surface area contributed by atoms with Crippen LogP contribution in [0.15, 0.2) is 23.1 Å². The fraction of sp³-hybridized carbons (Fsp3) is 0.111. The molecule has 3 rings (SSSR count). The molecular weight excluding hydrogens is 247 g/mol. The molecule has 1 aliphatic rings. The van der Waals surface area contributed by atoms with Crippen LogP contribution in [0, 0.1) is 0 Å². The third-order valence-corrected chi connectivity index (χ3v) is 3.09. The summed E-state index contributed by atoms with van der Waals surface area (Å²) in [6.07, 6.45) is 0. The first-order chi connectivity index (χ1) is 6.93. The van der Waals surface area contributed by atoms with Crippen LogP contribution in [0.5, 0.6) is 11.5 Å². The minimum absolute atomic E-state index is 0.172. The SMILES string of the molecule is c1cc2c(cc1-c1c[se]nn1)OCO2. The maximum atomic E-state index is 5.28. The molecule has 0 spiro atoms. The number of aromatic nitrogens is 2. The van der Waals surface area contributed by atoms with Gasteiger partial charge in [0.05, 0.1) is 0 Å². The van der Waals surface area contributed by atoms with Crippen LogP contribution >= 0.6 is 0 Å². The summed E-state index contributed by atoms with van der Waals surface area (Å²) >= 11 is 0.172. The molecule has 0 amide bonds. The summed E-state index contributed by atoms with van der Waals surface area (Å²) in [5, 5.41) is 4.05. The molecule has 0 N–H and O–H groups in total. The average Bonchev–Trinajstić information content (AvgIpc) is 2.88. The third-order valence-electron chi connectivity index (χ3n) is 2.03. The number of ether oxygens (including phenoxy) is 2. The summed E-state index contributed by atoms with van der Waals surface area (Å²) in [4.78, 5) is 2.05. The molecule has 1 aromatic carbocycles. The van der Waals surface area contributed by atoms with E-state index in [0.29, 0.717) is 6.79 Å². The van der Waals surface area contributed by atoms with Gasteiger partial charge in [0.15, 0.2) is 0 Å². The van der Waals surface area contributed by atoms with E-state index >= 15 is 0 Å². The van der Waals surface area contributed by atoms with Crippen LogP contribution in [0.3, 0.4) is 0 Å². The standard InChI is InChI=1S/C9H6N2O2Se/c1-2-8-9(13-5-12-8)3-6(1)7-4-14-11-10-7/h1-4H,5H2. The van der Waals surface area contributed by atoms with E-state index in [-0.39, 0.29) is 14.7 Å². The van der Waals surface area contributed by atoms with Crippen LogP contribution in [0.1, 0.15) is 0 Å². The summed E-state index contributed by atoms with van der Waals surface area (Å²) < 4.78 is 14.5. The molecule has 5 heteroatoms. The van der Waals surface area contributed by atoms with Crippen molar-refractivity contribution in [3.05, 3.63) is 23.1 Å². The Bertz CT molecular complexity index is 456. The summed E-state index contributed by atoms with van der Waals surface area (Å²) in [7, 11) is 0. The first kappa shape index (κ1) is 8.03. The van der Waals surface area contributed by atoms with Crippen LogP contribution in [0.2, 0.25) is 0 Å². The normalized spacial score (nSPS) is 13.1. The van der Waals surface area contributed by atoms with E-state index in [1.54, 1.807) is 0 Å². The zero-order valence-corrected chi connectivity index (χ0v) is 8.85. The predicted molar refractivity (Wildman–Crippen MR) is 50.5 cm³/mol. The van der Waals surface area contributed by atoms with Crippen LogP contribution in [0.4, 0.5) is 0 Å². The zero-order chi connectivity index (χ0) is 9.38. The van der Waals surface area contributed by atoms with Gasteiger partial charge in [-0.15, -0.1) is 0 Å². The predicted octanol–water partition coefficient (Wildman–Crippen LogP) is 0.929. The number of benzene rings is 1. The first-order valence-corrected chi connectivity index (χ1v) is 5.86. The molecule has 0 bridgehead atoms. The fourth-order valence-electron chi connectivity index (χ4n) is 1.35. The van der Waals surface area contributed by atoms with Crippen molar-refractivity contribution in [3.8, 4) is 22.8 Å². The molecule has 1 aliphatic heterocycles. The Hall–Kier alpha value is -1.32. The van der Waals surface area contributed by atoms with E-state index in [1.807, 2.05) is 23.1 Å². The molecular formula is C9H6N2O2Se. The molecule has 14 heavy (non-hydrogen) atoms. The molecule has 0 fully saturated rings. The Morgan fingerprint density at radius 2 is 2.14 bits per heavy atom. The van der Waals surface area contributed by atoms with Gasteiger partial charge in [0.1, 0.15) is 0 Å². The Balaban J connectivity index is 2.09. The Kier molecular flexibility index (Phi) is 1.79. The van der Waals surface area contributed by atoms with Gasteiger partial charge in [-0.2, -0.15) is 0 Å². The fourth-order valence-corrected chi connectivity index (χ4v) is 2.32. The van der Waals surface area contributed by atoms with Crippen LogP contribution in [-0.2, 0) is 0 Å². The summed E-state index contributed by atoms with van der Waals surface area (Å²) in [5.41, 5.74) is 1.97. The van der Waals surface area contributed by atoms with Crippen molar-refractivity contribution in [1.29, 1.82) is 0 Å². The van der Waals surface area contributed by atoms with E-state index in [2.05, 4.69) is 9.19 Å². The molecule has 0 atom stereocenters. The molecule has 1 aromatic heterocycles. The molecule has 0 unspecified atom stereocenters. The van der Waals surface area contributed by atoms with E-state index in [1.165, 1.54) is 0 Å². The van der Waals surface area contributed by atoms with Crippen molar-refractivity contribution in [1.82, 2.24) is 9.19 Å². The van der Waals surface area contributed by atoms with Crippen LogP contribution in [0.25, 0.3) is 11.3 Å². The van der Waals surface area contributed by atoms with Gasteiger partial charge in [-0.05, 0) is 0 Å². The number of fused-ring (bicyclic) bond motifs is 1. The van der Waals surface area contributed by atoms with E-state index < -0.39 is 0 Å². The Morgan fingerprint density at radius 3 is 3.00 bits per heavy atom.